The monoisotopic (exact) mass is 377 g/mol. The standard InChI is InChI=1S/C22H20BrN/c23-18-13-15-20(16-14-18)24(19-9-2-1-3-10-19)22-12-6-8-17-7-4-5-11-21(17)22/h1-4,6-10,13-16,22H,5,11-12H2/t22-/m1/s1. The highest BCUT2D eigenvalue weighted by atomic mass is 79.9. The molecule has 0 fully saturated rings. The molecule has 2 heteroatoms. The van der Waals surface area contributed by atoms with Gasteiger partial charge in [-0.3, -0.25) is 0 Å². The molecule has 4 rings (SSSR count). The molecule has 120 valence electrons. The van der Waals surface area contributed by atoms with Crippen molar-refractivity contribution in [2.75, 3.05) is 4.90 Å². The van der Waals surface area contributed by atoms with E-state index in [1.807, 2.05) is 0 Å². The molecular weight excluding hydrogens is 358 g/mol. The SMILES string of the molecule is Brc1ccc(N(c2ccccc2)[C@@H]2CC=CC3=C2CCC=C3)cc1. The molecule has 0 spiro atoms. The summed E-state index contributed by atoms with van der Waals surface area (Å²) < 4.78 is 1.11. The van der Waals surface area contributed by atoms with E-state index in [2.05, 4.69) is 99.7 Å². The first-order chi connectivity index (χ1) is 11.8. The van der Waals surface area contributed by atoms with E-state index in [4.69, 9.17) is 0 Å². The maximum Gasteiger partial charge on any atom is 0.0594 e. The van der Waals surface area contributed by atoms with E-state index in [-0.39, 0.29) is 0 Å². The van der Waals surface area contributed by atoms with Crippen molar-refractivity contribution in [3.05, 3.63) is 94.5 Å². The van der Waals surface area contributed by atoms with Gasteiger partial charge in [-0.05, 0) is 66.8 Å². The highest BCUT2D eigenvalue weighted by molar-refractivity contribution is 9.10. The summed E-state index contributed by atoms with van der Waals surface area (Å²) in [6, 6.07) is 19.8. The lowest BCUT2D eigenvalue weighted by Crippen LogP contribution is -2.34. The zero-order valence-corrected chi connectivity index (χ0v) is 15.1. The van der Waals surface area contributed by atoms with Crippen LogP contribution in [0.5, 0.6) is 0 Å². The maximum absolute atomic E-state index is 3.55. The number of benzene rings is 2. The van der Waals surface area contributed by atoms with Gasteiger partial charge in [0, 0.05) is 15.8 Å². The van der Waals surface area contributed by atoms with Crippen molar-refractivity contribution in [2.45, 2.75) is 25.3 Å². The second kappa shape index (κ2) is 6.82. The highest BCUT2D eigenvalue weighted by Gasteiger charge is 2.27. The summed E-state index contributed by atoms with van der Waals surface area (Å²) in [5.74, 6) is 0. The topological polar surface area (TPSA) is 3.24 Å². The minimum absolute atomic E-state index is 0.388. The van der Waals surface area contributed by atoms with Gasteiger partial charge in [0.2, 0.25) is 0 Å². The van der Waals surface area contributed by atoms with E-state index in [0.29, 0.717) is 6.04 Å². The van der Waals surface area contributed by atoms with Crippen LogP contribution in [0.25, 0.3) is 0 Å². The van der Waals surface area contributed by atoms with Gasteiger partial charge in [-0.2, -0.15) is 0 Å². The van der Waals surface area contributed by atoms with Gasteiger partial charge in [0.15, 0.2) is 0 Å². The average Bonchev–Trinajstić information content (AvgIpc) is 2.65. The van der Waals surface area contributed by atoms with Crippen LogP contribution in [0, 0.1) is 0 Å². The smallest absolute Gasteiger partial charge is 0.0594 e. The Balaban J connectivity index is 1.81. The van der Waals surface area contributed by atoms with Gasteiger partial charge in [0.05, 0.1) is 6.04 Å². The predicted octanol–water partition coefficient (Wildman–Crippen LogP) is 6.56. The third-order valence-corrected chi connectivity index (χ3v) is 5.29. The molecule has 0 saturated carbocycles. The zero-order valence-electron chi connectivity index (χ0n) is 13.5. The molecule has 0 bridgehead atoms. The van der Waals surface area contributed by atoms with Crippen LogP contribution in [0.4, 0.5) is 11.4 Å². The minimum atomic E-state index is 0.388. The van der Waals surface area contributed by atoms with Crippen LogP contribution in [0.3, 0.4) is 0 Å². The third-order valence-electron chi connectivity index (χ3n) is 4.76. The first-order valence-corrected chi connectivity index (χ1v) is 9.28. The van der Waals surface area contributed by atoms with Gasteiger partial charge in [-0.15, -0.1) is 0 Å². The van der Waals surface area contributed by atoms with Crippen molar-refractivity contribution >= 4 is 27.3 Å². The number of nitrogens with zero attached hydrogens (tertiary/aromatic N) is 1. The molecule has 2 aliphatic rings. The first kappa shape index (κ1) is 15.5. The van der Waals surface area contributed by atoms with Gasteiger partial charge in [0.25, 0.3) is 0 Å². The maximum atomic E-state index is 3.55. The molecule has 24 heavy (non-hydrogen) atoms. The van der Waals surface area contributed by atoms with Gasteiger partial charge in [-0.25, -0.2) is 0 Å². The molecular formula is C22H20BrN. The summed E-state index contributed by atoms with van der Waals surface area (Å²) in [5, 5.41) is 0. The third kappa shape index (κ3) is 2.99. The molecule has 2 aromatic rings. The van der Waals surface area contributed by atoms with Crippen LogP contribution in [0.1, 0.15) is 19.3 Å². The van der Waals surface area contributed by atoms with E-state index >= 15 is 0 Å². The summed E-state index contributed by atoms with van der Waals surface area (Å²) in [7, 11) is 0. The second-order valence-corrected chi connectivity index (χ2v) is 7.17. The first-order valence-electron chi connectivity index (χ1n) is 8.49. The van der Waals surface area contributed by atoms with Crippen molar-refractivity contribution in [2.24, 2.45) is 0 Å². The quantitative estimate of drug-likeness (QED) is 0.584. The molecule has 0 aliphatic heterocycles. The fourth-order valence-corrected chi connectivity index (χ4v) is 3.91. The molecule has 0 unspecified atom stereocenters. The van der Waals surface area contributed by atoms with Crippen molar-refractivity contribution in [1.82, 2.24) is 0 Å². The van der Waals surface area contributed by atoms with Crippen LogP contribution in [-0.2, 0) is 0 Å². The molecule has 0 amide bonds. The number of hydrogen-bond acceptors (Lipinski definition) is 1. The Bertz CT molecular complexity index is 796. The largest absolute Gasteiger partial charge is 0.334 e. The predicted molar refractivity (Wildman–Crippen MR) is 106 cm³/mol. The lowest BCUT2D eigenvalue weighted by Gasteiger charge is -2.38. The number of rotatable bonds is 3. The van der Waals surface area contributed by atoms with Crippen LogP contribution < -0.4 is 4.90 Å². The highest BCUT2D eigenvalue weighted by Crippen LogP contribution is 2.38. The van der Waals surface area contributed by atoms with Gasteiger partial charge < -0.3 is 4.90 Å². The molecule has 0 N–H and O–H groups in total. The van der Waals surface area contributed by atoms with E-state index in [0.717, 1.165) is 23.7 Å². The molecule has 1 atom stereocenters. The number of para-hydroxylation sites is 1. The Morgan fingerprint density at radius 1 is 0.833 bits per heavy atom. The van der Waals surface area contributed by atoms with Gasteiger partial charge in [-0.1, -0.05) is 58.4 Å². The van der Waals surface area contributed by atoms with Gasteiger partial charge in [0.1, 0.15) is 0 Å². The van der Waals surface area contributed by atoms with Crippen LogP contribution in [0.2, 0.25) is 0 Å². The molecule has 0 saturated heterocycles. The fraction of sp³-hybridized carbons (Fsp3) is 0.182. The van der Waals surface area contributed by atoms with Crippen molar-refractivity contribution in [1.29, 1.82) is 0 Å². The van der Waals surface area contributed by atoms with Crippen LogP contribution in [-0.4, -0.2) is 6.04 Å². The normalized spacial score (nSPS) is 19.3. The van der Waals surface area contributed by atoms with Crippen molar-refractivity contribution in [3.63, 3.8) is 0 Å². The van der Waals surface area contributed by atoms with Crippen molar-refractivity contribution < 1.29 is 0 Å². The summed E-state index contributed by atoms with van der Waals surface area (Å²) in [5.41, 5.74) is 5.45. The summed E-state index contributed by atoms with van der Waals surface area (Å²) in [4.78, 5) is 2.49. The summed E-state index contributed by atoms with van der Waals surface area (Å²) in [6.07, 6.45) is 12.5. The molecule has 0 heterocycles. The van der Waals surface area contributed by atoms with E-state index in [1.54, 1.807) is 5.57 Å². The Labute approximate surface area is 152 Å². The van der Waals surface area contributed by atoms with Crippen molar-refractivity contribution in [3.8, 4) is 0 Å². The number of allylic oxidation sites excluding steroid dienone is 4. The molecule has 0 radical (unpaired) electrons. The average molecular weight is 378 g/mol. The van der Waals surface area contributed by atoms with Gasteiger partial charge >= 0.3 is 0 Å². The Kier molecular flexibility index (Phi) is 4.40. The molecule has 2 aliphatic carbocycles. The lowest BCUT2D eigenvalue weighted by molar-refractivity contribution is 0.690. The fourth-order valence-electron chi connectivity index (χ4n) is 3.65. The van der Waals surface area contributed by atoms with E-state index in [1.165, 1.54) is 16.9 Å². The molecule has 2 aromatic carbocycles. The number of halogens is 1. The van der Waals surface area contributed by atoms with Crippen LogP contribution in [0.15, 0.2) is 94.5 Å². The minimum Gasteiger partial charge on any atom is -0.334 e. The lowest BCUT2D eigenvalue weighted by atomic mass is 9.85. The Morgan fingerprint density at radius 3 is 2.33 bits per heavy atom. The molecule has 1 nitrogen and oxygen atoms in total. The zero-order chi connectivity index (χ0) is 16.4. The number of anilines is 2. The van der Waals surface area contributed by atoms with E-state index < -0.39 is 0 Å². The summed E-state index contributed by atoms with van der Waals surface area (Å²) >= 11 is 3.55. The summed E-state index contributed by atoms with van der Waals surface area (Å²) in [6.45, 7) is 0. The second-order valence-electron chi connectivity index (χ2n) is 6.26. The Morgan fingerprint density at radius 2 is 1.54 bits per heavy atom. The van der Waals surface area contributed by atoms with Crippen LogP contribution >= 0.6 is 15.9 Å². The Hall–Kier alpha value is -2.06. The molecule has 0 aromatic heterocycles. The van der Waals surface area contributed by atoms with E-state index in [9.17, 15) is 0 Å². The number of hydrogen-bond donors (Lipinski definition) is 0.